The molecule has 0 fully saturated rings. The van der Waals surface area contributed by atoms with Crippen molar-refractivity contribution in [3.8, 4) is 11.5 Å². The number of ether oxygens (including phenoxy) is 2. The molecule has 3 heteroatoms. The van der Waals surface area contributed by atoms with E-state index < -0.39 is 0 Å². The van der Waals surface area contributed by atoms with Crippen molar-refractivity contribution >= 4 is 0 Å². The minimum atomic E-state index is 0.777. The molecule has 0 N–H and O–H groups in total. The number of aryl methyl sites for hydroxylation is 1. The predicted octanol–water partition coefficient (Wildman–Crippen LogP) is 3.64. The molecule has 0 heterocycles. The molecule has 21 heavy (non-hydrogen) atoms. The van der Waals surface area contributed by atoms with Crippen molar-refractivity contribution in [3.63, 3.8) is 0 Å². The van der Waals surface area contributed by atoms with E-state index in [4.69, 9.17) is 9.47 Å². The molecular formula is C18H23NO2. The van der Waals surface area contributed by atoms with Crippen molar-refractivity contribution in [1.82, 2.24) is 4.90 Å². The van der Waals surface area contributed by atoms with Crippen molar-refractivity contribution in [2.75, 3.05) is 21.3 Å². The molecule has 0 aliphatic heterocycles. The van der Waals surface area contributed by atoms with E-state index >= 15 is 0 Å². The number of para-hydroxylation sites is 1. The molecule has 2 aromatic carbocycles. The third-order valence-electron chi connectivity index (χ3n) is 3.63. The maximum atomic E-state index is 5.49. The molecule has 0 radical (unpaired) electrons. The van der Waals surface area contributed by atoms with E-state index in [1.54, 1.807) is 14.2 Å². The van der Waals surface area contributed by atoms with Gasteiger partial charge in [0.05, 0.1) is 14.2 Å². The standard InChI is InChI=1S/C18H23NO2/c1-14-8-5-6-9-15(14)12-19(2)13-16-10-7-11-17(20-3)18(16)21-4/h5-11H,12-13H2,1-4H3. The van der Waals surface area contributed by atoms with Gasteiger partial charge in [-0.05, 0) is 31.2 Å². The summed E-state index contributed by atoms with van der Waals surface area (Å²) >= 11 is 0. The summed E-state index contributed by atoms with van der Waals surface area (Å²) in [6, 6.07) is 14.5. The highest BCUT2D eigenvalue weighted by Crippen LogP contribution is 2.31. The zero-order chi connectivity index (χ0) is 15.2. The minimum Gasteiger partial charge on any atom is -0.493 e. The second-order valence-electron chi connectivity index (χ2n) is 5.25. The number of nitrogens with zero attached hydrogens (tertiary/aromatic N) is 1. The van der Waals surface area contributed by atoms with E-state index in [0.29, 0.717) is 0 Å². The van der Waals surface area contributed by atoms with Gasteiger partial charge in [0.1, 0.15) is 0 Å². The fourth-order valence-electron chi connectivity index (χ4n) is 2.50. The predicted molar refractivity (Wildman–Crippen MR) is 85.9 cm³/mol. The molecule has 2 rings (SSSR count). The van der Waals surface area contributed by atoms with Crippen LogP contribution in [0.4, 0.5) is 0 Å². The fraction of sp³-hybridized carbons (Fsp3) is 0.333. The van der Waals surface area contributed by atoms with Crippen molar-refractivity contribution in [2.45, 2.75) is 20.0 Å². The van der Waals surface area contributed by atoms with Crippen LogP contribution in [0.1, 0.15) is 16.7 Å². The number of hydrogen-bond acceptors (Lipinski definition) is 3. The molecule has 0 aliphatic carbocycles. The van der Waals surface area contributed by atoms with Crippen LogP contribution in [0.25, 0.3) is 0 Å². The van der Waals surface area contributed by atoms with Crippen LogP contribution in [0.15, 0.2) is 42.5 Å². The maximum absolute atomic E-state index is 5.49. The Hall–Kier alpha value is -2.00. The molecule has 0 aromatic heterocycles. The third kappa shape index (κ3) is 3.76. The Kier molecular flexibility index (Phi) is 5.23. The van der Waals surface area contributed by atoms with Crippen LogP contribution in [0.5, 0.6) is 11.5 Å². The van der Waals surface area contributed by atoms with Gasteiger partial charge in [0.25, 0.3) is 0 Å². The van der Waals surface area contributed by atoms with E-state index in [9.17, 15) is 0 Å². The van der Waals surface area contributed by atoms with Crippen LogP contribution < -0.4 is 9.47 Å². The number of rotatable bonds is 6. The first-order valence-corrected chi connectivity index (χ1v) is 7.08. The topological polar surface area (TPSA) is 21.7 Å². The number of benzene rings is 2. The van der Waals surface area contributed by atoms with Crippen molar-refractivity contribution in [3.05, 3.63) is 59.2 Å². The molecule has 2 aromatic rings. The Morgan fingerprint density at radius 2 is 1.52 bits per heavy atom. The highest BCUT2D eigenvalue weighted by molar-refractivity contribution is 5.46. The largest absolute Gasteiger partial charge is 0.493 e. The SMILES string of the molecule is COc1cccc(CN(C)Cc2ccccc2C)c1OC. The molecule has 0 saturated carbocycles. The zero-order valence-corrected chi connectivity index (χ0v) is 13.2. The van der Waals surface area contributed by atoms with Gasteiger partial charge >= 0.3 is 0 Å². The molecule has 0 amide bonds. The van der Waals surface area contributed by atoms with Crippen LogP contribution in [-0.2, 0) is 13.1 Å². The Morgan fingerprint density at radius 1 is 0.857 bits per heavy atom. The first-order chi connectivity index (χ1) is 10.2. The average Bonchev–Trinajstić information content (AvgIpc) is 2.49. The Balaban J connectivity index is 2.13. The van der Waals surface area contributed by atoms with Gasteiger partial charge in [-0.25, -0.2) is 0 Å². The quantitative estimate of drug-likeness (QED) is 0.808. The Bertz CT molecular complexity index is 596. The summed E-state index contributed by atoms with van der Waals surface area (Å²) in [5.41, 5.74) is 3.80. The van der Waals surface area contributed by atoms with E-state index in [1.807, 2.05) is 12.1 Å². The molecule has 0 aliphatic rings. The first kappa shape index (κ1) is 15.4. The molecule has 0 atom stereocenters. The summed E-state index contributed by atoms with van der Waals surface area (Å²) in [5, 5.41) is 0. The van der Waals surface area contributed by atoms with Gasteiger partial charge in [0.15, 0.2) is 11.5 Å². The first-order valence-electron chi connectivity index (χ1n) is 7.08. The van der Waals surface area contributed by atoms with Gasteiger partial charge in [-0.2, -0.15) is 0 Å². The molecule has 0 unspecified atom stereocenters. The van der Waals surface area contributed by atoms with Crippen LogP contribution >= 0.6 is 0 Å². The van der Waals surface area contributed by atoms with Crippen molar-refractivity contribution in [2.24, 2.45) is 0 Å². The number of methoxy groups -OCH3 is 2. The summed E-state index contributed by atoms with van der Waals surface area (Å²) in [7, 11) is 5.47. The lowest BCUT2D eigenvalue weighted by Crippen LogP contribution is -2.18. The smallest absolute Gasteiger partial charge is 0.165 e. The van der Waals surface area contributed by atoms with Crippen LogP contribution in [0.3, 0.4) is 0 Å². The van der Waals surface area contributed by atoms with E-state index in [-0.39, 0.29) is 0 Å². The second-order valence-corrected chi connectivity index (χ2v) is 5.25. The Morgan fingerprint density at radius 3 is 2.19 bits per heavy atom. The molecule has 3 nitrogen and oxygen atoms in total. The van der Waals surface area contributed by atoms with E-state index in [0.717, 1.165) is 30.2 Å². The Labute approximate surface area is 127 Å². The van der Waals surface area contributed by atoms with Gasteiger partial charge in [-0.3, -0.25) is 4.90 Å². The van der Waals surface area contributed by atoms with E-state index in [1.165, 1.54) is 11.1 Å². The summed E-state index contributed by atoms with van der Waals surface area (Å²) < 4.78 is 10.8. The normalized spacial score (nSPS) is 10.7. The molecule has 112 valence electrons. The summed E-state index contributed by atoms with van der Waals surface area (Å²) in [4.78, 5) is 2.28. The lowest BCUT2D eigenvalue weighted by Gasteiger charge is -2.20. The summed E-state index contributed by atoms with van der Waals surface area (Å²) in [5.74, 6) is 1.59. The fourth-order valence-corrected chi connectivity index (χ4v) is 2.50. The average molecular weight is 285 g/mol. The summed E-state index contributed by atoms with van der Waals surface area (Å²) in [6.07, 6.45) is 0. The third-order valence-corrected chi connectivity index (χ3v) is 3.63. The highest BCUT2D eigenvalue weighted by atomic mass is 16.5. The van der Waals surface area contributed by atoms with Gasteiger partial charge in [-0.15, -0.1) is 0 Å². The van der Waals surface area contributed by atoms with Crippen LogP contribution in [0.2, 0.25) is 0 Å². The van der Waals surface area contributed by atoms with E-state index in [2.05, 4.69) is 49.2 Å². The van der Waals surface area contributed by atoms with Crippen LogP contribution in [-0.4, -0.2) is 26.2 Å². The molecule has 0 saturated heterocycles. The second kappa shape index (κ2) is 7.14. The lowest BCUT2D eigenvalue weighted by molar-refractivity contribution is 0.303. The highest BCUT2D eigenvalue weighted by Gasteiger charge is 2.12. The van der Waals surface area contributed by atoms with Gasteiger partial charge in [-0.1, -0.05) is 36.4 Å². The maximum Gasteiger partial charge on any atom is 0.165 e. The van der Waals surface area contributed by atoms with Gasteiger partial charge < -0.3 is 9.47 Å². The molecule has 0 bridgehead atoms. The van der Waals surface area contributed by atoms with Crippen molar-refractivity contribution < 1.29 is 9.47 Å². The minimum absolute atomic E-state index is 0.777. The monoisotopic (exact) mass is 285 g/mol. The molecule has 0 spiro atoms. The summed E-state index contributed by atoms with van der Waals surface area (Å²) in [6.45, 7) is 3.87. The zero-order valence-electron chi connectivity index (χ0n) is 13.2. The lowest BCUT2D eigenvalue weighted by atomic mass is 10.1. The molecular weight excluding hydrogens is 262 g/mol. The number of hydrogen-bond donors (Lipinski definition) is 0. The van der Waals surface area contributed by atoms with Crippen LogP contribution in [0, 0.1) is 6.92 Å². The van der Waals surface area contributed by atoms with Crippen molar-refractivity contribution in [1.29, 1.82) is 0 Å². The van der Waals surface area contributed by atoms with Gasteiger partial charge in [0, 0.05) is 18.7 Å². The van der Waals surface area contributed by atoms with Gasteiger partial charge in [0.2, 0.25) is 0 Å².